The smallest absolute Gasteiger partial charge is 0.271 e. The summed E-state index contributed by atoms with van der Waals surface area (Å²) in [5.74, 6) is -0.505. The molecule has 0 bridgehead atoms. The predicted molar refractivity (Wildman–Crippen MR) is 85.1 cm³/mol. The molecule has 110 valence electrons. The van der Waals surface area contributed by atoms with Crippen LogP contribution >= 0.6 is 11.3 Å². The van der Waals surface area contributed by atoms with Crippen molar-refractivity contribution in [3.63, 3.8) is 0 Å². The van der Waals surface area contributed by atoms with Gasteiger partial charge in [-0.1, -0.05) is 30.3 Å². The molecule has 3 aromatic rings. The first-order valence-corrected chi connectivity index (χ1v) is 7.64. The van der Waals surface area contributed by atoms with E-state index in [1.807, 2.05) is 30.3 Å². The van der Waals surface area contributed by atoms with Gasteiger partial charge in [-0.3, -0.25) is 4.79 Å². The number of benzene rings is 2. The third-order valence-electron chi connectivity index (χ3n) is 3.12. The van der Waals surface area contributed by atoms with Crippen molar-refractivity contribution in [1.82, 2.24) is 10.3 Å². The number of nitrogens with zero attached hydrogens (tertiary/aromatic N) is 1. The first-order valence-electron chi connectivity index (χ1n) is 6.76. The van der Waals surface area contributed by atoms with Crippen molar-refractivity contribution in [2.24, 2.45) is 0 Å². The minimum absolute atomic E-state index is 0.214. The molecule has 0 saturated carbocycles. The highest BCUT2D eigenvalue weighted by molar-refractivity contribution is 7.13. The number of rotatable bonds is 4. The second-order valence-electron chi connectivity index (χ2n) is 4.71. The van der Waals surface area contributed by atoms with E-state index in [9.17, 15) is 9.18 Å². The van der Waals surface area contributed by atoms with Gasteiger partial charge in [0.05, 0.1) is 0 Å². The molecule has 0 atom stereocenters. The van der Waals surface area contributed by atoms with Crippen LogP contribution in [0.1, 0.15) is 16.1 Å². The van der Waals surface area contributed by atoms with Crippen molar-refractivity contribution in [2.75, 3.05) is 0 Å². The molecule has 2 aromatic carbocycles. The van der Waals surface area contributed by atoms with E-state index in [2.05, 4.69) is 10.3 Å². The van der Waals surface area contributed by atoms with E-state index in [0.717, 1.165) is 11.1 Å². The van der Waals surface area contributed by atoms with Crippen LogP contribution < -0.4 is 5.32 Å². The molecule has 0 saturated heterocycles. The van der Waals surface area contributed by atoms with Gasteiger partial charge >= 0.3 is 0 Å². The Hall–Kier alpha value is -2.53. The monoisotopic (exact) mass is 312 g/mol. The number of carbonyl (C=O) groups excluding carboxylic acids is 1. The van der Waals surface area contributed by atoms with E-state index in [0.29, 0.717) is 17.2 Å². The number of hydrogen-bond acceptors (Lipinski definition) is 3. The third kappa shape index (κ3) is 3.38. The summed E-state index contributed by atoms with van der Waals surface area (Å²) in [5, 5.41) is 5.24. The Balaban J connectivity index is 1.68. The van der Waals surface area contributed by atoms with E-state index < -0.39 is 0 Å². The van der Waals surface area contributed by atoms with Crippen LogP contribution in [-0.4, -0.2) is 10.9 Å². The van der Waals surface area contributed by atoms with E-state index in [1.165, 1.54) is 23.5 Å². The summed E-state index contributed by atoms with van der Waals surface area (Å²) in [5.41, 5.74) is 2.21. The van der Waals surface area contributed by atoms with Gasteiger partial charge in [0.25, 0.3) is 5.91 Å². The second-order valence-corrected chi connectivity index (χ2v) is 5.57. The zero-order valence-electron chi connectivity index (χ0n) is 11.6. The van der Waals surface area contributed by atoms with Crippen LogP contribution in [0.5, 0.6) is 0 Å². The van der Waals surface area contributed by atoms with Crippen molar-refractivity contribution in [1.29, 1.82) is 0 Å². The maximum Gasteiger partial charge on any atom is 0.271 e. The fourth-order valence-corrected chi connectivity index (χ4v) is 2.78. The third-order valence-corrected chi connectivity index (χ3v) is 4.02. The van der Waals surface area contributed by atoms with E-state index in [1.54, 1.807) is 17.5 Å². The number of amides is 1. The molecule has 22 heavy (non-hydrogen) atoms. The first-order chi connectivity index (χ1) is 10.7. The van der Waals surface area contributed by atoms with Crippen molar-refractivity contribution in [3.05, 3.63) is 77.1 Å². The number of halogens is 1. The van der Waals surface area contributed by atoms with Gasteiger partial charge in [0.2, 0.25) is 0 Å². The van der Waals surface area contributed by atoms with Gasteiger partial charge in [-0.2, -0.15) is 0 Å². The largest absolute Gasteiger partial charge is 0.347 e. The lowest BCUT2D eigenvalue weighted by atomic mass is 10.2. The summed E-state index contributed by atoms with van der Waals surface area (Å²) >= 11 is 1.36. The fourth-order valence-electron chi connectivity index (χ4n) is 1.97. The van der Waals surface area contributed by atoms with Crippen molar-refractivity contribution < 1.29 is 9.18 Å². The standard InChI is InChI=1S/C17H13FN2OS/c18-14-8-6-13(7-9-14)17-20-15(11-22-17)16(21)19-10-12-4-2-1-3-5-12/h1-9,11H,10H2,(H,19,21). The van der Waals surface area contributed by atoms with Gasteiger partial charge in [0.15, 0.2) is 0 Å². The van der Waals surface area contributed by atoms with Crippen LogP contribution in [0.25, 0.3) is 10.6 Å². The molecular formula is C17H13FN2OS. The Morgan fingerprint density at radius 3 is 2.55 bits per heavy atom. The molecule has 0 aliphatic carbocycles. The molecule has 3 nitrogen and oxygen atoms in total. The van der Waals surface area contributed by atoms with Crippen molar-refractivity contribution in [3.8, 4) is 10.6 Å². The summed E-state index contributed by atoms with van der Waals surface area (Å²) in [6.45, 7) is 0.461. The molecule has 1 heterocycles. The Kier molecular flexibility index (Phi) is 4.25. The molecule has 0 unspecified atom stereocenters. The molecular weight excluding hydrogens is 299 g/mol. The van der Waals surface area contributed by atoms with E-state index >= 15 is 0 Å². The Labute approximate surface area is 131 Å². The zero-order chi connectivity index (χ0) is 15.4. The minimum atomic E-state index is -0.291. The van der Waals surface area contributed by atoms with Gasteiger partial charge in [-0.25, -0.2) is 9.37 Å². The van der Waals surface area contributed by atoms with E-state index in [-0.39, 0.29) is 11.7 Å². The maximum atomic E-state index is 12.9. The highest BCUT2D eigenvalue weighted by Gasteiger charge is 2.11. The summed E-state index contributed by atoms with van der Waals surface area (Å²) in [4.78, 5) is 16.4. The summed E-state index contributed by atoms with van der Waals surface area (Å²) in [6.07, 6.45) is 0. The van der Waals surface area contributed by atoms with Gasteiger partial charge in [-0.15, -0.1) is 11.3 Å². The molecule has 3 rings (SSSR count). The van der Waals surface area contributed by atoms with Gasteiger partial charge in [0, 0.05) is 17.5 Å². The zero-order valence-corrected chi connectivity index (χ0v) is 12.4. The molecule has 0 fully saturated rings. The van der Waals surface area contributed by atoms with Crippen LogP contribution in [0.3, 0.4) is 0 Å². The normalized spacial score (nSPS) is 10.4. The average Bonchev–Trinajstić information content (AvgIpc) is 3.04. The molecule has 0 spiro atoms. The van der Waals surface area contributed by atoms with Crippen LogP contribution in [0.4, 0.5) is 4.39 Å². The van der Waals surface area contributed by atoms with Crippen molar-refractivity contribution >= 4 is 17.2 Å². The SMILES string of the molecule is O=C(NCc1ccccc1)c1csc(-c2ccc(F)cc2)n1. The molecule has 0 aliphatic heterocycles. The molecule has 1 aromatic heterocycles. The fraction of sp³-hybridized carbons (Fsp3) is 0.0588. The Bertz CT molecular complexity index is 769. The number of nitrogens with one attached hydrogen (secondary N) is 1. The first kappa shape index (κ1) is 14.4. The van der Waals surface area contributed by atoms with E-state index in [4.69, 9.17) is 0 Å². The molecule has 5 heteroatoms. The molecule has 1 N–H and O–H groups in total. The lowest BCUT2D eigenvalue weighted by Crippen LogP contribution is -2.23. The predicted octanol–water partition coefficient (Wildman–Crippen LogP) is 3.88. The highest BCUT2D eigenvalue weighted by atomic mass is 32.1. The maximum absolute atomic E-state index is 12.9. The quantitative estimate of drug-likeness (QED) is 0.794. The van der Waals surface area contributed by atoms with Gasteiger partial charge < -0.3 is 5.32 Å². The lowest BCUT2D eigenvalue weighted by Gasteiger charge is -2.02. The van der Waals surface area contributed by atoms with Crippen LogP contribution in [0.2, 0.25) is 0 Å². The summed E-state index contributed by atoms with van der Waals surface area (Å²) in [6, 6.07) is 15.8. The molecule has 1 amide bonds. The number of hydrogen-bond donors (Lipinski definition) is 1. The number of aromatic nitrogens is 1. The number of carbonyl (C=O) groups is 1. The highest BCUT2D eigenvalue weighted by Crippen LogP contribution is 2.23. The van der Waals surface area contributed by atoms with Crippen LogP contribution in [0, 0.1) is 5.82 Å². The molecule has 0 aliphatic rings. The topological polar surface area (TPSA) is 42.0 Å². The van der Waals surface area contributed by atoms with Crippen molar-refractivity contribution in [2.45, 2.75) is 6.54 Å². The second kappa shape index (κ2) is 6.49. The number of thiazole rings is 1. The Morgan fingerprint density at radius 1 is 1.09 bits per heavy atom. The van der Waals surface area contributed by atoms with Crippen LogP contribution in [0.15, 0.2) is 60.0 Å². The lowest BCUT2D eigenvalue weighted by molar-refractivity contribution is 0.0946. The van der Waals surface area contributed by atoms with Gasteiger partial charge in [-0.05, 0) is 29.8 Å². The van der Waals surface area contributed by atoms with Crippen LogP contribution in [-0.2, 0) is 6.54 Å². The summed E-state index contributed by atoms with van der Waals surface area (Å²) < 4.78 is 12.9. The summed E-state index contributed by atoms with van der Waals surface area (Å²) in [7, 11) is 0. The molecule has 0 radical (unpaired) electrons. The minimum Gasteiger partial charge on any atom is -0.347 e. The average molecular weight is 312 g/mol. The van der Waals surface area contributed by atoms with Gasteiger partial charge in [0.1, 0.15) is 16.5 Å². The Morgan fingerprint density at radius 2 is 1.82 bits per heavy atom.